The van der Waals surface area contributed by atoms with Gasteiger partial charge in [0.15, 0.2) is 0 Å². The summed E-state index contributed by atoms with van der Waals surface area (Å²) in [6, 6.07) is 0. The van der Waals surface area contributed by atoms with Gasteiger partial charge in [-0.15, -0.1) is 0 Å². The molecule has 0 unspecified atom stereocenters. The normalized spacial score (nSPS) is 16.8. The first kappa shape index (κ1) is 11.5. The van der Waals surface area contributed by atoms with Crippen LogP contribution in [0.4, 0.5) is 0 Å². The van der Waals surface area contributed by atoms with Gasteiger partial charge in [-0.1, -0.05) is 0 Å². The Kier molecular flexibility index (Phi) is 4.70. The highest BCUT2D eigenvalue weighted by Gasteiger charge is 2.09. The molecule has 4 nitrogen and oxygen atoms in total. The van der Waals surface area contributed by atoms with Gasteiger partial charge in [-0.3, -0.25) is 0 Å². The second-order valence-corrected chi connectivity index (χ2v) is 4.33. The maximum Gasteiger partial charge on any atom is 0.115 e. The first-order valence-electron chi connectivity index (χ1n) is 6.12. The van der Waals surface area contributed by atoms with E-state index in [-0.39, 0.29) is 0 Å². The van der Waals surface area contributed by atoms with Crippen LogP contribution in [0.25, 0.3) is 0 Å². The van der Waals surface area contributed by atoms with Crippen molar-refractivity contribution in [2.75, 3.05) is 26.2 Å². The molecule has 0 amide bonds. The van der Waals surface area contributed by atoms with Crippen molar-refractivity contribution in [2.45, 2.75) is 25.8 Å². The monoisotopic (exact) mass is 220 g/mol. The molecule has 1 aromatic heterocycles. The average molecular weight is 220 g/mol. The van der Waals surface area contributed by atoms with E-state index in [0.717, 1.165) is 18.7 Å². The minimum atomic E-state index is 0.876. The van der Waals surface area contributed by atoms with Crippen molar-refractivity contribution in [1.29, 1.82) is 0 Å². The zero-order valence-corrected chi connectivity index (χ0v) is 9.73. The highest BCUT2D eigenvalue weighted by Crippen LogP contribution is 2.06. The van der Waals surface area contributed by atoms with Crippen molar-refractivity contribution in [3.8, 4) is 0 Å². The van der Waals surface area contributed by atoms with Crippen LogP contribution in [-0.2, 0) is 6.54 Å². The molecule has 0 saturated carbocycles. The van der Waals surface area contributed by atoms with Gasteiger partial charge in [0.1, 0.15) is 6.33 Å². The summed E-state index contributed by atoms with van der Waals surface area (Å²) in [6.07, 6.45) is 9.29. The predicted octanol–water partition coefficient (Wildman–Crippen LogP) is 1.05. The van der Waals surface area contributed by atoms with Crippen LogP contribution in [0.2, 0.25) is 0 Å². The van der Waals surface area contributed by atoms with Crippen LogP contribution in [-0.4, -0.2) is 41.0 Å². The lowest BCUT2D eigenvalue weighted by Crippen LogP contribution is -2.24. The third-order valence-electron chi connectivity index (χ3n) is 2.97. The van der Waals surface area contributed by atoms with Gasteiger partial charge in [0, 0.05) is 24.5 Å². The summed E-state index contributed by atoms with van der Waals surface area (Å²) in [6.45, 7) is 5.78. The molecule has 88 valence electrons. The van der Waals surface area contributed by atoms with Gasteiger partial charge >= 0.3 is 0 Å². The van der Waals surface area contributed by atoms with E-state index in [0.29, 0.717) is 0 Å². The number of hydrogen-bond acceptors (Lipinski definition) is 4. The Morgan fingerprint density at radius 2 is 1.94 bits per heavy atom. The largest absolute Gasteiger partial charge is 0.313 e. The lowest BCUT2D eigenvalue weighted by atomic mass is 10.3. The van der Waals surface area contributed by atoms with Crippen LogP contribution in [0, 0.1) is 0 Å². The van der Waals surface area contributed by atoms with Crippen molar-refractivity contribution >= 4 is 0 Å². The fourth-order valence-electron chi connectivity index (χ4n) is 2.09. The van der Waals surface area contributed by atoms with E-state index in [4.69, 9.17) is 0 Å². The second kappa shape index (κ2) is 6.55. The maximum absolute atomic E-state index is 3.99. The molecule has 0 aromatic carbocycles. The van der Waals surface area contributed by atoms with E-state index in [9.17, 15) is 0 Å². The predicted molar refractivity (Wildman–Crippen MR) is 64.0 cm³/mol. The van der Waals surface area contributed by atoms with Crippen LogP contribution in [0.15, 0.2) is 18.7 Å². The number of hydrogen-bond donors (Lipinski definition) is 1. The number of aromatic nitrogens is 2. The van der Waals surface area contributed by atoms with Gasteiger partial charge in [-0.05, 0) is 45.4 Å². The molecule has 0 radical (unpaired) electrons. The van der Waals surface area contributed by atoms with E-state index in [1.807, 2.05) is 12.4 Å². The SMILES string of the molecule is c1ncc(CNCCCN2CCCC2)cn1. The lowest BCUT2D eigenvalue weighted by Gasteiger charge is -2.14. The van der Waals surface area contributed by atoms with Crippen LogP contribution >= 0.6 is 0 Å². The highest BCUT2D eigenvalue weighted by atomic mass is 15.1. The molecule has 1 aromatic rings. The summed E-state index contributed by atoms with van der Waals surface area (Å²) >= 11 is 0. The van der Waals surface area contributed by atoms with E-state index in [1.54, 1.807) is 6.33 Å². The molecule has 2 rings (SSSR count). The van der Waals surface area contributed by atoms with Crippen molar-refractivity contribution in [3.63, 3.8) is 0 Å². The van der Waals surface area contributed by atoms with Gasteiger partial charge < -0.3 is 10.2 Å². The Morgan fingerprint density at radius 3 is 2.69 bits per heavy atom. The molecule has 4 heteroatoms. The van der Waals surface area contributed by atoms with E-state index < -0.39 is 0 Å². The summed E-state index contributed by atoms with van der Waals surface area (Å²) in [7, 11) is 0. The molecule has 1 aliphatic heterocycles. The lowest BCUT2D eigenvalue weighted by molar-refractivity contribution is 0.331. The quantitative estimate of drug-likeness (QED) is 0.728. The first-order valence-corrected chi connectivity index (χ1v) is 6.12. The van der Waals surface area contributed by atoms with Gasteiger partial charge in [0.05, 0.1) is 0 Å². The van der Waals surface area contributed by atoms with E-state index in [2.05, 4.69) is 20.2 Å². The van der Waals surface area contributed by atoms with Crippen molar-refractivity contribution in [3.05, 3.63) is 24.3 Å². The van der Waals surface area contributed by atoms with Crippen LogP contribution < -0.4 is 5.32 Å². The standard InChI is InChI=1S/C12H20N4/c1-2-6-16(5-1)7-3-4-13-8-12-9-14-11-15-10-12/h9-11,13H,1-8H2. The minimum absolute atomic E-state index is 0.876. The van der Waals surface area contributed by atoms with Crippen LogP contribution in [0.1, 0.15) is 24.8 Å². The van der Waals surface area contributed by atoms with E-state index in [1.165, 1.54) is 38.9 Å². The zero-order valence-electron chi connectivity index (χ0n) is 9.73. The van der Waals surface area contributed by atoms with Crippen LogP contribution in [0.5, 0.6) is 0 Å². The highest BCUT2D eigenvalue weighted by molar-refractivity contribution is 5.01. The molecule has 2 heterocycles. The Morgan fingerprint density at radius 1 is 1.19 bits per heavy atom. The topological polar surface area (TPSA) is 41.1 Å². The van der Waals surface area contributed by atoms with Crippen molar-refractivity contribution in [1.82, 2.24) is 20.2 Å². The molecule has 1 aliphatic rings. The van der Waals surface area contributed by atoms with Crippen LogP contribution in [0.3, 0.4) is 0 Å². The fourth-order valence-corrected chi connectivity index (χ4v) is 2.09. The molecule has 16 heavy (non-hydrogen) atoms. The summed E-state index contributed by atoms with van der Waals surface area (Å²) in [5.41, 5.74) is 1.16. The third-order valence-corrected chi connectivity index (χ3v) is 2.97. The Balaban J connectivity index is 1.52. The number of nitrogens with zero attached hydrogens (tertiary/aromatic N) is 3. The number of likely N-dealkylation sites (tertiary alicyclic amines) is 1. The first-order chi connectivity index (χ1) is 7.95. The molecular weight excluding hydrogens is 200 g/mol. The molecule has 0 bridgehead atoms. The Hall–Kier alpha value is -1.00. The molecular formula is C12H20N4. The van der Waals surface area contributed by atoms with Gasteiger partial charge in [0.2, 0.25) is 0 Å². The molecule has 0 aliphatic carbocycles. The third kappa shape index (κ3) is 3.87. The minimum Gasteiger partial charge on any atom is -0.313 e. The Bertz CT molecular complexity index is 282. The molecule has 1 saturated heterocycles. The summed E-state index contributed by atoms with van der Waals surface area (Å²) in [5, 5.41) is 3.42. The summed E-state index contributed by atoms with van der Waals surface area (Å²) in [4.78, 5) is 10.5. The smallest absolute Gasteiger partial charge is 0.115 e. The summed E-state index contributed by atoms with van der Waals surface area (Å²) < 4.78 is 0. The maximum atomic E-state index is 3.99. The summed E-state index contributed by atoms with van der Waals surface area (Å²) in [5.74, 6) is 0. The van der Waals surface area contributed by atoms with Gasteiger partial charge in [-0.2, -0.15) is 0 Å². The zero-order chi connectivity index (χ0) is 11.1. The van der Waals surface area contributed by atoms with Gasteiger partial charge in [-0.25, -0.2) is 9.97 Å². The average Bonchev–Trinajstić information content (AvgIpc) is 2.83. The second-order valence-electron chi connectivity index (χ2n) is 4.33. The Labute approximate surface area is 97.1 Å². The fraction of sp³-hybridized carbons (Fsp3) is 0.667. The molecule has 0 atom stereocenters. The van der Waals surface area contributed by atoms with Crippen molar-refractivity contribution < 1.29 is 0 Å². The molecule has 0 spiro atoms. The number of nitrogens with one attached hydrogen (secondary N) is 1. The van der Waals surface area contributed by atoms with Gasteiger partial charge in [0.25, 0.3) is 0 Å². The molecule has 1 fully saturated rings. The number of rotatable bonds is 6. The van der Waals surface area contributed by atoms with E-state index >= 15 is 0 Å². The molecule has 1 N–H and O–H groups in total. The van der Waals surface area contributed by atoms with Crippen molar-refractivity contribution in [2.24, 2.45) is 0 Å².